The van der Waals surface area contributed by atoms with Gasteiger partial charge < -0.3 is 25.8 Å². The molecule has 4 N–H and O–H groups in total. The molecule has 0 aliphatic carbocycles. The molecule has 3 amide bonds. The van der Waals surface area contributed by atoms with Gasteiger partial charge in [-0.05, 0) is 30.5 Å². The Morgan fingerprint density at radius 3 is 2.55 bits per heavy atom. The van der Waals surface area contributed by atoms with Crippen molar-refractivity contribution in [3.05, 3.63) is 29.8 Å². The van der Waals surface area contributed by atoms with Gasteiger partial charge in [0.2, 0.25) is 5.91 Å². The molecular formula is C15H23N3O4. The summed E-state index contributed by atoms with van der Waals surface area (Å²) in [7, 11) is 1.57. The molecule has 0 bridgehead atoms. The number of primary amides is 1. The van der Waals surface area contributed by atoms with Crippen LogP contribution in [-0.4, -0.2) is 32.4 Å². The van der Waals surface area contributed by atoms with Gasteiger partial charge in [-0.2, -0.15) is 0 Å². The van der Waals surface area contributed by atoms with Crippen molar-refractivity contribution in [3.8, 4) is 0 Å². The van der Waals surface area contributed by atoms with E-state index in [1.165, 1.54) is 0 Å². The van der Waals surface area contributed by atoms with Crippen molar-refractivity contribution in [2.45, 2.75) is 25.9 Å². The number of methoxy groups -OCH3 is 1. The zero-order valence-electron chi connectivity index (χ0n) is 12.8. The molecule has 0 heterocycles. The van der Waals surface area contributed by atoms with Crippen LogP contribution in [0.25, 0.3) is 0 Å². The highest BCUT2D eigenvalue weighted by molar-refractivity contribution is 5.90. The standard InChI is InChI=1S/C15H23N3O4/c1-21-11-22-10-12-5-7-13(8-6-12)18-14(19)4-2-3-9-17-15(16)20/h5-8H,2-4,9-11H2,1H3,(H,18,19)(H3,16,17,20). The fourth-order valence-electron chi connectivity index (χ4n) is 1.77. The topological polar surface area (TPSA) is 103 Å². The van der Waals surface area contributed by atoms with E-state index in [-0.39, 0.29) is 12.7 Å². The number of nitrogens with one attached hydrogen (secondary N) is 2. The van der Waals surface area contributed by atoms with Gasteiger partial charge in [-0.3, -0.25) is 4.79 Å². The van der Waals surface area contributed by atoms with E-state index >= 15 is 0 Å². The van der Waals surface area contributed by atoms with Crippen LogP contribution in [0.2, 0.25) is 0 Å². The van der Waals surface area contributed by atoms with Crippen molar-refractivity contribution in [3.63, 3.8) is 0 Å². The van der Waals surface area contributed by atoms with Crippen LogP contribution in [0.15, 0.2) is 24.3 Å². The molecule has 7 nitrogen and oxygen atoms in total. The Morgan fingerprint density at radius 2 is 1.91 bits per heavy atom. The molecule has 1 aromatic carbocycles. The van der Waals surface area contributed by atoms with E-state index in [9.17, 15) is 9.59 Å². The molecule has 1 rings (SSSR count). The van der Waals surface area contributed by atoms with Gasteiger partial charge in [-0.25, -0.2) is 4.79 Å². The van der Waals surface area contributed by atoms with Crippen molar-refractivity contribution in [2.75, 3.05) is 25.8 Å². The minimum atomic E-state index is -0.543. The molecule has 0 aliphatic heterocycles. The highest BCUT2D eigenvalue weighted by Gasteiger charge is 2.03. The Morgan fingerprint density at radius 1 is 1.18 bits per heavy atom. The summed E-state index contributed by atoms with van der Waals surface area (Å²) in [6, 6.07) is 6.90. The number of hydrogen-bond donors (Lipinski definition) is 3. The van der Waals surface area contributed by atoms with Gasteiger partial charge in [-0.15, -0.1) is 0 Å². The Bertz CT molecular complexity index is 462. The molecule has 0 aliphatic rings. The van der Waals surface area contributed by atoms with Crippen LogP contribution in [0.5, 0.6) is 0 Å². The Balaban J connectivity index is 2.22. The molecule has 22 heavy (non-hydrogen) atoms. The lowest BCUT2D eigenvalue weighted by atomic mass is 10.2. The Hall–Kier alpha value is -2.12. The van der Waals surface area contributed by atoms with E-state index in [2.05, 4.69) is 10.6 Å². The third kappa shape index (κ3) is 8.23. The smallest absolute Gasteiger partial charge is 0.312 e. The predicted octanol–water partition coefficient (Wildman–Crippen LogP) is 1.58. The summed E-state index contributed by atoms with van der Waals surface area (Å²) in [6.07, 6.45) is 1.81. The molecule has 122 valence electrons. The number of carbonyl (C=O) groups is 2. The minimum absolute atomic E-state index is 0.0533. The van der Waals surface area contributed by atoms with E-state index in [4.69, 9.17) is 15.2 Å². The maximum atomic E-state index is 11.7. The van der Waals surface area contributed by atoms with E-state index in [0.29, 0.717) is 32.4 Å². The lowest BCUT2D eigenvalue weighted by molar-refractivity contribution is -0.116. The molecule has 0 fully saturated rings. The zero-order chi connectivity index (χ0) is 16.2. The highest BCUT2D eigenvalue weighted by atomic mass is 16.7. The number of carbonyl (C=O) groups excluding carboxylic acids is 2. The number of urea groups is 1. The lowest BCUT2D eigenvalue weighted by Crippen LogP contribution is -2.30. The first kappa shape index (κ1) is 17.9. The molecule has 7 heteroatoms. The molecule has 0 atom stereocenters. The second-order valence-corrected chi connectivity index (χ2v) is 4.75. The van der Waals surface area contributed by atoms with Gasteiger partial charge in [0.05, 0.1) is 6.61 Å². The van der Waals surface area contributed by atoms with Gasteiger partial charge in [0.1, 0.15) is 6.79 Å². The first-order chi connectivity index (χ1) is 10.6. The SMILES string of the molecule is COCOCc1ccc(NC(=O)CCCCNC(N)=O)cc1. The number of amides is 3. The molecule has 0 saturated carbocycles. The lowest BCUT2D eigenvalue weighted by Gasteiger charge is -2.07. The van der Waals surface area contributed by atoms with Gasteiger partial charge in [-0.1, -0.05) is 12.1 Å². The number of rotatable bonds is 10. The molecule has 0 aromatic heterocycles. The summed E-state index contributed by atoms with van der Waals surface area (Å²) in [5, 5.41) is 5.30. The van der Waals surface area contributed by atoms with Crippen LogP contribution >= 0.6 is 0 Å². The third-order valence-electron chi connectivity index (χ3n) is 2.84. The van der Waals surface area contributed by atoms with Gasteiger partial charge >= 0.3 is 6.03 Å². The summed E-state index contributed by atoms with van der Waals surface area (Å²) in [5.41, 5.74) is 6.70. The van der Waals surface area contributed by atoms with Crippen molar-refractivity contribution in [1.29, 1.82) is 0 Å². The van der Waals surface area contributed by atoms with Crippen LogP contribution in [0.4, 0.5) is 10.5 Å². The number of ether oxygens (including phenoxy) is 2. The van der Waals surface area contributed by atoms with E-state index in [1.807, 2.05) is 24.3 Å². The monoisotopic (exact) mass is 309 g/mol. The summed E-state index contributed by atoms with van der Waals surface area (Å²) >= 11 is 0. The fourth-order valence-corrected chi connectivity index (χ4v) is 1.77. The van der Waals surface area contributed by atoms with Gasteiger partial charge in [0.15, 0.2) is 0 Å². The molecule has 1 aromatic rings. The third-order valence-corrected chi connectivity index (χ3v) is 2.84. The normalized spacial score (nSPS) is 10.2. The first-order valence-corrected chi connectivity index (χ1v) is 7.10. The van der Waals surface area contributed by atoms with Crippen LogP contribution in [-0.2, 0) is 20.9 Å². The Kier molecular flexibility index (Phi) is 8.63. The van der Waals surface area contributed by atoms with Crippen LogP contribution in [0.3, 0.4) is 0 Å². The summed E-state index contributed by atoms with van der Waals surface area (Å²) in [5.74, 6) is -0.0533. The summed E-state index contributed by atoms with van der Waals surface area (Å²) < 4.78 is 10.0. The quantitative estimate of drug-likeness (QED) is 0.451. The van der Waals surface area contributed by atoms with Crippen molar-refractivity contribution in [1.82, 2.24) is 5.32 Å². The fraction of sp³-hybridized carbons (Fsp3) is 0.467. The zero-order valence-corrected chi connectivity index (χ0v) is 12.8. The number of hydrogen-bond acceptors (Lipinski definition) is 4. The van der Waals surface area contributed by atoms with E-state index < -0.39 is 6.03 Å². The van der Waals surface area contributed by atoms with Crippen molar-refractivity contribution >= 4 is 17.6 Å². The largest absolute Gasteiger partial charge is 0.359 e. The second kappa shape index (κ2) is 10.6. The average Bonchev–Trinajstić information content (AvgIpc) is 2.48. The first-order valence-electron chi connectivity index (χ1n) is 7.10. The maximum absolute atomic E-state index is 11.7. The number of benzene rings is 1. The van der Waals surface area contributed by atoms with Crippen molar-refractivity contribution in [2.24, 2.45) is 5.73 Å². The molecule has 0 radical (unpaired) electrons. The predicted molar refractivity (Wildman–Crippen MR) is 83.2 cm³/mol. The Labute approximate surface area is 130 Å². The second-order valence-electron chi connectivity index (χ2n) is 4.75. The molecular weight excluding hydrogens is 286 g/mol. The molecule has 0 saturated heterocycles. The number of nitrogens with two attached hydrogens (primary N) is 1. The number of anilines is 1. The maximum Gasteiger partial charge on any atom is 0.312 e. The van der Waals surface area contributed by atoms with Crippen LogP contribution in [0, 0.1) is 0 Å². The van der Waals surface area contributed by atoms with Gasteiger partial charge in [0, 0.05) is 25.8 Å². The van der Waals surface area contributed by atoms with Crippen molar-refractivity contribution < 1.29 is 19.1 Å². The van der Waals surface area contributed by atoms with E-state index in [0.717, 1.165) is 11.3 Å². The molecule has 0 spiro atoms. The number of unbranched alkanes of at least 4 members (excludes halogenated alkanes) is 1. The summed E-state index contributed by atoms with van der Waals surface area (Å²) in [6.45, 7) is 1.21. The average molecular weight is 309 g/mol. The van der Waals surface area contributed by atoms with Crippen LogP contribution < -0.4 is 16.4 Å². The highest BCUT2D eigenvalue weighted by Crippen LogP contribution is 2.11. The minimum Gasteiger partial charge on any atom is -0.359 e. The molecule has 0 unspecified atom stereocenters. The van der Waals surface area contributed by atoms with E-state index in [1.54, 1.807) is 7.11 Å². The summed E-state index contributed by atoms with van der Waals surface area (Å²) in [4.78, 5) is 22.2. The van der Waals surface area contributed by atoms with Crippen LogP contribution in [0.1, 0.15) is 24.8 Å². The van der Waals surface area contributed by atoms with Gasteiger partial charge in [0.25, 0.3) is 0 Å².